The summed E-state index contributed by atoms with van der Waals surface area (Å²) in [5, 5.41) is 0. The fraction of sp³-hybridized carbons (Fsp3) is 0.833. The van der Waals surface area contributed by atoms with Crippen molar-refractivity contribution < 1.29 is 14.3 Å². The molecular formula is C12H22N2O3. The molecule has 0 unspecified atom stereocenters. The Labute approximate surface area is 103 Å². The number of hydrogen-bond acceptors (Lipinski definition) is 4. The summed E-state index contributed by atoms with van der Waals surface area (Å²) >= 11 is 0. The lowest BCUT2D eigenvalue weighted by molar-refractivity contribution is -0.120. The lowest BCUT2D eigenvalue weighted by Crippen LogP contribution is -2.50. The standard InChI is InChI=1S/C12H22N2O3/c1-3-5-11(15)10-13-6-8-14(9-7-13)12(16)17-4-2/h3-10H2,1-2H3. The van der Waals surface area contributed by atoms with Crippen molar-refractivity contribution in [3.05, 3.63) is 0 Å². The second kappa shape index (κ2) is 7.27. The summed E-state index contributed by atoms with van der Waals surface area (Å²) in [7, 11) is 0. The third kappa shape index (κ3) is 4.73. The monoisotopic (exact) mass is 242 g/mol. The fourth-order valence-electron chi connectivity index (χ4n) is 1.91. The number of carbonyl (C=O) groups excluding carboxylic acids is 2. The highest BCUT2D eigenvalue weighted by Gasteiger charge is 2.22. The van der Waals surface area contributed by atoms with Crippen LogP contribution >= 0.6 is 0 Å². The molecule has 0 radical (unpaired) electrons. The van der Waals surface area contributed by atoms with Gasteiger partial charge in [-0.15, -0.1) is 0 Å². The van der Waals surface area contributed by atoms with Crippen molar-refractivity contribution in [3.63, 3.8) is 0 Å². The van der Waals surface area contributed by atoms with E-state index in [-0.39, 0.29) is 11.9 Å². The lowest BCUT2D eigenvalue weighted by atomic mass is 10.2. The summed E-state index contributed by atoms with van der Waals surface area (Å²) in [5.74, 6) is 0.289. The van der Waals surface area contributed by atoms with Gasteiger partial charge in [0.2, 0.25) is 0 Å². The molecular weight excluding hydrogens is 220 g/mol. The molecule has 1 saturated heterocycles. The second-order valence-electron chi connectivity index (χ2n) is 4.25. The van der Waals surface area contributed by atoms with Gasteiger partial charge in [-0.25, -0.2) is 4.79 Å². The average Bonchev–Trinajstić information content (AvgIpc) is 2.30. The highest BCUT2D eigenvalue weighted by molar-refractivity contribution is 5.80. The topological polar surface area (TPSA) is 49.9 Å². The summed E-state index contributed by atoms with van der Waals surface area (Å²) < 4.78 is 4.94. The summed E-state index contributed by atoms with van der Waals surface area (Å²) in [5.41, 5.74) is 0. The fourth-order valence-corrected chi connectivity index (χ4v) is 1.91. The number of nitrogens with zero attached hydrogens (tertiary/aromatic N) is 2. The quantitative estimate of drug-likeness (QED) is 0.725. The molecule has 5 heteroatoms. The molecule has 17 heavy (non-hydrogen) atoms. The van der Waals surface area contributed by atoms with Crippen LogP contribution in [-0.4, -0.2) is 61.0 Å². The number of Topliss-reactive ketones (excluding diaryl/α,β-unsaturated/α-hetero) is 1. The Morgan fingerprint density at radius 3 is 2.29 bits per heavy atom. The van der Waals surface area contributed by atoms with Crippen molar-refractivity contribution in [1.29, 1.82) is 0 Å². The molecule has 5 nitrogen and oxygen atoms in total. The van der Waals surface area contributed by atoms with Gasteiger partial charge >= 0.3 is 6.09 Å². The maximum Gasteiger partial charge on any atom is 0.409 e. The van der Waals surface area contributed by atoms with E-state index in [4.69, 9.17) is 4.74 Å². The third-order valence-corrected chi connectivity index (χ3v) is 2.83. The van der Waals surface area contributed by atoms with Gasteiger partial charge in [0.25, 0.3) is 0 Å². The molecule has 1 amide bonds. The van der Waals surface area contributed by atoms with Crippen LogP contribution < -0.4 is 0 Å². The van der Waals surface area contributed by atoms with Gasteiger partial charge in [0.15, 0.2) is 0 Å². The van der Waals surface area contributed by atoms with Crippen LogP contribution in [0.2, 0.25) is 0 Å². The number of carbonyl (C=O) groups is 2. The first kappa shape index (κ1) is 14.0. The molecule has 98 valence electrons. The molecule has 1 fully saturated rings. The summed E-state index contributed by atoms with van der Waals surface area (Å²) in [6.45, 7) is 7.56. The van der Waals surface area contributed by atoms with Crippen LogP contribution in [0.3, 0.4) is 0 Å². The van der Waals surface area contributed by atoms with E-state index < -0.39 is 0 Å². The van der Waals surface area contributed by atoms with Gasteiger partial charge < -0.3 is 9.64 Å². The molecule has 0 spiro atoms. The number of piperazine rings is 1. The van der Waals surface area contributed by atoms with Crippen molar-refractivity contribution in [2.75, 3.05) is 39.3 Å². The maximum atomic E-state index is 11.5. The highest BCUT2D eigenvalue weighted by atomic mass is 16.6. The largest absolute Gasteiger partial charge is 0.450 e. The zero-order valence-electron chi connectivity index (χ0n) is 10.8. The maximum absolute atomic E-state index is 11.5. The normalized spacial score (nSPS) is 16.9. The van der Waals surface area contributed by atoms with E-state index in [1.165, 1.54) is 0 Å². The van der Waals surface area contributed by atoms with Crippen molar-refractivity contribution in [2.45, 2.75) is 26.7 Å². The van der Waals surface area contributed by atoms with Gasteiger partial charge in [0.05, 0.1) is 13.2 Å². The lowest BCUT2D eigenvalue weighted by Gasteiger charge is -2.33. The van der Waals surface area contributed by atoms with Crippen LogP contribution in [0.5, 0.6) is 0 Å². The summed E-state index contributed by atoms with van der Waals surface area (Å²) in [4.78, 5) is 26.7. The molecule has 0 bridgehead atoms. The van der Waals surface area contributed by atoms with Gasteiger partial charge in [0.1, 0.15) is 5.78 Å². The summed E-state index contributed by atoms with van der Waals surface area (Å²) in [6, 6.07) is 0. The van der Waals surface area contributed by atoms with Crippen LogP contribution in [0.1, 0.15) is 26.7 Å². The van der Waals surface area contributed by atoms with E-state index >= 15 is 0 Å². The van der Waals surface area contributed by atoms with Crippen LogP contribution in [0.15, 0.2) is 0 Å². The first-order valence-electron chi connectivity index (χ1n) is 6.33. The van der Waals surface area contributed by atoms with Gasteiger partial charge in [-0.2, -0.15) is 0 Å². The highest BCUT2D eigenvalue weighted by Crippen LogP contribution is 2.04. The molecule has 0 aromatic heterocycles. The smallest absolute Gasteiger partial charge is 0.409 e. The molecule has 0 aliphatic carbocycles. The Morgan fingerprint density at radius 1 is 1.12 bits per heavy atom. The molecule has 1 heterocycles. The molecule has 0 aromatic carbocycles. The van der Waals surface area contributed by atoms with Crippen molar-refractivity contribution >= 4 is 11.9 Å². The molecule has 0 N–H and O–H groups in total. The Hall–Kier alpha value is -1.10. The van der Waals surface area contributed by atoms with Crippen molar-refractivity contribution in [1.82, 2.24) is 9.80 Å². The SMILES string of the molecule is CCCC(=O)CN1CCN(C(=O)OCC)CC1. The minimum Gasteiger partial charge on any atom is -0.450 e. The molecule has 0 saturated carbocycles. The molecule has 0 atom stereocenters. The van der Waals surface area contributed by atoms with Gasteiger partial charge in [-0.05, 0) is 13.3 Å². The van der Waals surface area contributed by atoms with Crippen molar-refractivity contribution in [2.24, 2.45) is 0 Å². The molecule has 1 aliphatic heterocycles. The van der Waals surface area contributed by atoms with Gasteiger partial charge in [0, 0.05) is 32.6 Å². The Kier molecular flexibility index (Phi) is 5.97. The van der Waals surface area contributed by atoms with E-state index in [0.717, 1.165) is 19.5 Å². The molecule has 1 aliphatic rings. The first-order chi connectivity index (χ1) is 8.17. The predicted molar refractivity (Wildman–Crippen MR) is 65.0 cm³/mol. The van der Waals surface area contributed by atoms with E-state index in [0.29, 0.717) is 32.7 Å². The van der Waals surface area contributed by atoms with E-state index in [1.807, 2.05) is 6.92 Å². The minimum absolute atomic E-state index is 0.243. The number of rotatable bonds is 5. The van der Waals surface area contributed by atoms with Crippen LogP contribution in [0, 0.1) is 0 Å². The van der Waals surface area contributed by atoms with Gasteiger partial charge in [-0.1, -0.05) is 6.92 Å². The minimum atomic E-state index is -0.243. The van der Waals surface area contributed by atoms with Crippen LogP contribution in [0.25, 0.3) is 0 Å². The summed E-state index contributed by atoms with van der Waals surface area (Å²) in [6.07, 6.45) is 1.31. The Balaban J connectivity index is 2.26. The number of ketones is 1. The van der Waals surface area contributed by atoms with Crippen molar-refractivity contribution in [3.8, 4) is 0 Å². The van der Waals surface area contributed by atoms with Crippen LogP contribution in [0.4, 0.5) is 4.79 Å². The van der Waals surface area contributed by atoms with E-state index in [2.05, 4.69) is 4.90 Å². The predicted octanol–water partition coefficient (Wildman–Crippen LogP) is 1.13. The Morgan fingerprint density at radius 2 is 1.76 bits per heavy atom. The number of ether oxygens (including phenoxy) is 1. The molecule has 0 aromatic rings. The first-order valence-corrected chi connectivity index (χ1v) is 6.33. The third-order valence-electron chi connectivity index (χ3n) is 2.83. The zero-order valence-corrected chi connectivity index (χ0v) is 10.8. The van der Waals surface area contributed by atoms with Gasteiger partial charge in [-0.3, -0.25) is 9.69 Å². The van der Waals surface area contributed by atoms with Crippen LogP contribution in [-0.2, 0) is 9.53 Å². The average molecular weight is 242 g/mol. The zero-order chi connectivity index (χ0) is 12.7. The molecule has 1 rings (SSSR count). The number of hydrogen-bond donors (Lipinski definition) is 0. The van der Waals surface area contributed by atoms with E-state index in [9.17, 15) is 9.59 Å². The van der Waals surface area contributed by atoms with E-state index in [1.54, 1.807) is 11.8 Å². The second-order valence-corrected chi connectivity index (χ2v) is 4.25. The Bertz CT molecular complexity index is 260. The number of amides is 1.